The number of hydrogen-bond donors (Lipinski definition) is 1. The first-order valence-corrected chi connectivity index (χ1v) is 5.56. The largest absolute Gasteiger partial charge is 0.481 e. The van der Waals surface area contributed by atoms with Crippen LogP contribution >= 0.6 is 0 Å². The van der Waals surface area contributed by atoms with Gasteiger partial charge in [0, 0.05) is 20.1 Å². The van der Waals surface area contributed by atoms with Gasteiger partial charge >= 0.3 is 11.7 Å². The quantitative estimate of drug-likeness (QED) is 0.585. The zero-order valence-corrected chi connectivity index (χ0v) is 10.6. The lowest BCUT2D eigenvalue weighted by atomic mass is 10.3. The molecule has 0 aromatic carbocycles. The number of carbonyl (C=O) groups is 2. The fourth-order valence-electron chi connectivity index (χ4n) is 1.55. The Morgan fingerprint density at radius 2 is 2.21 bits per heavy atom. The molecule has 1 aromatic heterocycles. The van der Waals surface area contributed by atoms with Gasteiger partial charge in [-0.15, -0.1) is 0 Å². The highest BCUT2D eigenvalue weighted by molar-refractivity contribution is 5.96. The van der Waals surface area contributed by atoms with Crippen molar-refractivity contribution in [1.29, 1.82) is 0 Å². The van der Waals surface area contributed by atoms with Gasteiger partial charge in [-0.3, -0.25) is 24.4 Å². The summed E-state index contributed by atoms with van der Waals surface area (Å²) < 4.78 is 1.18. The number of carbonyl (C=O) groups excluding carboxylic acids is 1. The maximum Gasteiger partial charge on any atom is 0.320 e. The van der Waals surface area contributed by atoms with Crippen LogP contribution in [0.15, 0.2) is 6.20 Å². The number of nitrogens with zero attached hydrogens (tertiary/aromatic N) is 4. The molecule has 1 amide bonds. The van der Waals surface area contributed by atoms with Crippen molar-refractivity contribution >= 4 is 17.6 Å². The Morgan fingerprint density at radius 1 is 1.58 bits per heavy atom. The summed E-state index contributed by atoms with van der Waals surface area (Å²) in [6.45, 7) is 1.90. The van der Waals surface area contributed by atoms with E-state index in [0.717, 1.165) is 6.20 Å². The average molecular weight is 270 g/mol. The monoisotopic (exact) mass is 270 g/mol. The van der Waals surface area contributed by atoms with E-state index in [4.69, 9.17) is 5.11 Å². The van der Waals surface area contributed by atoms with Crippen LogP contribution in [0.4, 0.5) is 5.69 Å². The van der Waals surface area contributed by atoms with Gasteiger partial charge in [-0.1, -0.05) is 0 Å². The molecule has 0 saturated carbocycles. The number of aryl methyl sites for hydroxylation is 1. The van der Waals surface area contributed by atoms with Crippen LogP contribution in [0.2, 0.25) is 0 Å². The molecule has 1 rings (SSSR count). The number of amides is 1. The lowest BCUT2D eigenvalue weighted by molar-refractivity contribution is -0.385. The van der Waals surface area contributed by atoms with Crippen LogP contribution in [-0.4, -0.2) is 49.7 Å². The minimum absolute atomic E-state index is 0.0155. The van der Waals surface area contributed by atoms with Crippen molar-refractivity contribution < 1.29 is 19.6 Å². The third-order valence-electron chi connectivity index (χ3n) is 2.47. The van der Waals surface area contributed by atoms with Crippen LogP contribution in [0.3, 0.4) is 0 Å². The molecule has 1 aromatic rings. The van der Waals surface area contributed by atoms with Gasteiger partial charge in [0.05, 0.1) is 11.3 Å². The highest BCUT2D eigenvalue weighted by Crippen LogP contribution is 2.18. The molecule has 0 unspecified atom stereocenters. The number of carboxylic acid groups (broad SMARTS) is 1. The third kappa shape index (κ3) is 3.50. The Morgan fingerprint density at radius 3 is 2.68 bits per heavy atom. The molecule has 0 fully saturated rings. The summed E-state index contributed by atoms with van der Waals surface area (Å²) in [4.78, 5) is 33.9. The molecule has 0 bridgehead atoms. The van der Waals surface area contributed by atoms with Crippen molar-refractivity contribution in [2.45, 2.75) is 13.3 Å². The van der Waals surface area contributed by atoms with E-state index in [1.165, 1.54) is 16.6 Å². The first-order chi connectivity index (χ1) is 8.86. The topological polar surface area (TPSA) is 119 Å². The number of nitro groups is 1. The predicted molar refractivity (Wildman–Crippen MR) is 63.7 cm³/mol. The molecule has 104 valence electrons. The first-order valence-electron chi connectivity index (χ1n) is 5.56. The van der Waals surface area contributed by atoms with E-state index in [-0.39, 0.29) is 30.9 Å². The SMILES string of the molecule is CCN(CCC(=O)O)C(=O)c1nn(C)cc1[N+](=O)[O-]. The zero-order chi connectivity index (χ0) is 14.6. The van der Waals surface area contributed by atoms with Crippen molar-refractivity contribution in [2.24, 2.45) is 7.05 Å². The molecule has 9 heteroatoms. The molecule has 0 atom stereocenters. The molecule has 0 saturated heterocycles. The van der Waals surface area contributed by atoms with Gasteiger partial charge in [0.2, 0.25) is 5.69 Å². The molecule has 0 radical (unpaired) electrons. The van der Waals surface area contributed by atoms with Gasteiger partial charge in [-0.2, -0.15) is 5.10 Å². The van der Waals surface area contributed by atoms with Crippen LogP contribution in [0.5, 0.6) is 0 Å². The number of rotatable bonds is 6. The number of carboxylic acids is 1. The Kier molecular flexibility index (Phi) is 4.56. The average Bonchev–Trinajstić information content (AvgIpc) is 2.71. The molecule has 0 aliphatic rings. The lowest BCUT2D eigenvalue weighted by Crippen LogP contribution is -2.33. The van der Waals surface area contributed by atoms with E-state index in [2.05, 4.69) is 5.10 Å². The lowest BCUT2D eigenvalue weighted by Gasteiger charge is -2.18. The fourth-order valence-corrected chi connectivity index (χ4v) is 1.55. The van der Waals surface area contributed by atoms with Crippen LogP contribution in [0.1, 0.15) is 23.8 Å². The summed E-state index contributed by atoms with van der Waals surface area (Å²) in [5.41, 5.74) is -0.666. The Labute approximate surface area is 108 Å². The maximum atomic E-state index is 12.1. The van der Waals surface area contributed by atoms with Gasteiger partial charge in [0.25, 0.3) is 5.91 Å². The summed E-state index contributed by atoms with van der Waals surface area (Å²) in [6.07, 6.45) is 0.915. The van der Waals surface area contributed by atoms with E-state index in [1.807, 2.05) is 0 Å². The second kappa shape index (κ2) is 5.94. The second-order valence-electron chi connectivity index (χ2n) is 3.82. The summed E-state index contributed by atoms with van der Waals surface area (Å²) in [5.74, 6) is -1.68. The standard InChI is InChI=1S/C10H14N4O5/c1-3-13(5-4-8(15)16)10(17)9-7(14(18)19)6-12(2)11-9/h6H,3-5H2,1-2H3,(H,15,16). The van der Waals surface area contributed by atoms with Gasteiger partial charge in [-0.05, 0) is 6.92 Å². The molecule has 0 aliphatic carbocycles. The Hall–Kier alpha value is -2.45. The number of aliphatic carboxylic acids is 1. The number of aromatic nitrogens is 2. The van der Waals surface area contributed by atoms with E-state index >= 15 is 0 Å². The molecule has 1 N–H and O–H groups in total. The Balaban J connectivity index is 2.97. The van der Waals surface area contributed by atoms with Crippen molar-refractivity contribution in [3.8, 4) is 0 Å². The second-order valence-corrected chi connectivity index (χ2v) is 3.82. The van der Waals surface area contributed by atoms with Gasteiger partial charge in [0.15, 0.2) is 0 Å². The molecular weight excluding hydrogens is 256 g/mol. The van der Waals surface area contributed by atoms with Crippen LogP contribution in [-0.2, 0) is 11.8 Å². The minimum Gasteiger partial charge on any atom is -0.481 e. The first kappa shape index (κ1) is 14.6. The van der Waals surface area contributed by atoms with Crippen molar-refractivity contribution in [2.75, 3.05) is 13.1 Å². The van der Waals surface area contributed by atoms with Gasteiger partial charge in [0.1, 0.15) is 6.20 Å². The van der Waals surface area contributed by atoms with Crippen molar-refractivity contribution in [1.82, 2.24) is 14.7 Å². The highest BCUT2D eigenvalue weighted by Gasteiger charge is 2.28. The smallest absolute Gasteiger partial charge is 0.320 e. The van der Waals surface area contributed by atoms with Gasteiger partial charge < -0.3 is 10.0 Å². The summed E-state index contributed by atoms with van der Waals surface area (Å²) in [7, 11) is 1.47. The normalized spacial score (nSPS) is 10.2. The van der Waals surface area contributed by atoms with Crippen molar-refractivity contribution in [3.63, 3.8) is 0 Å². The number of hydrogen-bond acceptors (Lipinski definition) is 5. The van der Waals surface area contributed by atoms with Crippen molar-refractivity contribution in [3.05, 3.63) is 22.0 Å². The molecule has 0 spiro atoms. The van der Waals surface area contributed by atoms with E-state index in [1.54, 1.807) is 6.92 Å². The molecule has 1 heterocycles. The van der Waals surface area contributed by atoms with Gasteiger partial charge in [-0.25, -0.2) is 0 Å². The van der Waals surface area contributed by atoms with Crippen LogP contribution in [0.25, 0.3) is 0 Å². The minimum atomic E-state index is -1.04. The zero-order valence-electron chi connectivity index (χ0n) is 10.6. The maximum absolute atomic E-state index is 12.1. The van der Waals surface area contributed by atoms with E-state index in [0.29, 0.717) is 0 Å². The van der Waals surface area contributed by atoms with E-state index < -0.39 is 16.8 Å². The summed E-state index contributed by atoms with van der Waals surface area (Å²) >= 11 is 0. The summed E-state index contributed by atoms with van der Waals surface area (Å²) in [5, 5.41) is 23.2. The predicted octanol–water partition coefficient (Wildman–Crippen LogP) is 0.265. The molecule has 19 heavy (non-hydrogen) atoms. The third-order valence-corrected chi connectivity index (χ3v) is 2.47. The Bertz CT molecular complexity index is 510. The molecule has 9 nitrogen and oxygen atoms in total. The highest BCUT2D eigenvalue weighted by atomic mass is 16.6. The fraction of sp³-hybridized carbons (Fsp3) is 0.500. The van der Waals surface area contributed by atoms with Crippen LogP contribution < -0.4 is 0 Å². The van der Waals surface area contributed by atoms with E-state index in [9.17, 15) is 19.7 Å². The molecule has 0 aliphatic heterocycles. The molecular formula is C10H14N4O5. The summed E-state index contributed by atoms with van der Waals surface area (Å²) in [6, 6.07) is 0. The van der Waals surface area contributed by atoms with Crippen LogP contribution in [0, 0.1) is 10.1 Å².